The number of benzene rings is 2. The standard InChI is InChI=1S/C15H14ClNO4S/c1-10(18)11-4-3-5-12(8-11)17-22(19,20)13-6-7-15(21-2)14(16)9-13/h3-9,17H,1-2H3. The topological polar surface area (TPSA) is 72.5 Å². The first kappa shape index (κ1) is 16.3. The molecule has 116 valence electrons. The number of nitrogens with one attached hydrogen (secondary N) is 1. The van der Waals surface area contributed by atoms with Crippen molar-refractivity contribution in [2.45, 2.75) is 11.8 Å². The van der Waals surface area contributed by atoms with Crippen molar-refractivity contribution < 1.29 is 17.9 Å². The molecule has 0 saturated heterocycles. The molecule has 0 unspecified atom stereocenters. The number of carbonyl (C=O) groups is 1. The number of halogens is 1. The predicted molar refractivity (Wildman–Crippen MR) is 85.3 cm³/mol. The van der Waals surface area contributed by atoms with Crippen molar-refractivity contribution in [3.8, 4) is 5.75 Å². The highest BCUT2D eigenvalue weighted by Gasteiger charge is 2.16. The van der Waals surface area contributed by atoms with Crippen molar-refractivity contribution in [2.75, 3.05) is 11.8 Å². The lowest BCUT2D eigenvalue weighted by atomic mass is 10.1. The fraction of sp³-hybridized carbons (Fsp3) is 0.133. The summed E-state index contributed by atoms with van der Waals surface area (Å²) in [5, 5.41) is 0.197. The third-order valence-electron chi connectivity index (χ3n) is 2.95. The first-order valence-corrected chi connectivity index (χ1v) is 8.17. The van der Waals surface area contributed by atoms with E-state index >= 15 is 0 Å². The van der Waals surface area contributed by atoms with Crippen molar-refractivity contribution >= 4 is 33.1 Å². The molecule has 2 rings (SSSR count). The molecule has 0 aromatic heterocycles. The van der Waals surface area contributed by atoms with E-state index in [-0.39, 0.29) is 15.7 Å². The Labute approximate surface area is 133 Å². The van der Waals surface area contributed by atoms with Gasteiger partial charge in [-0.15, -0.1) is 0 Å². The zero-order chi connectivity index (χ0) is 16.3. The van der Waals surface area contributed by atoms with Crippen LogP contribution >= 0.6 is 11.6 Å². The molecule has 7 heteroatoms. The molecule has 0 fully saturated rings. The number of methoxy groups -OCH3 is 1. The van der Waals surface area contributed by atoms with Crippen molar-refractivity contribution in [2.24, 2.45) is 0 Å². The zero-order valence-electron chi connectivity index (χ0n) is 12.0. The monoisotopic (exact) mass is 339 g/mol. The SMILES string of the molecule is COc1ccc(S(=O)(=O)Nc2cccc(C(C)=O)c2)cc1Cl. The molecule has 0 heterocycles. The Morgan fingerprint density at radius 3 is 2.50 bits per heavy atom. The number of hydrogen-bond donors (Lipinski definition) is 1. The fourth-order valence-electron chi connectivity index (χ4n) is 1.83. The highest BCUT2D eigenvalue weighted by Crippen LogP contribution is 2.28. The van der Waals surface area contributed by atoms with Gasteiger partial charge in [-0.2, -0.15) is 0 Å². The van der Waals surface area contributed by atoms with Gasteiger partial charge in [0, 0.05) is 11.3 Å². The second-order valence-corrected chi connectivity index (χ2v) is 6.63. The van der Waals surface area contributed by atoms with Crippen LogP contribution in [0.4, 0.5) is 5.69 Å². The number of hydrogen-bond acceptors (Lipinski definition) is 4. The lowest BCUT2D eigenvalue weighted by Crippen LogP contribution is -2.13. The molecule has 22 heavy (non-hydrogen) atoms. The van der Waals surface area contributed by atoms with Crippen molar-refractivity contribution in [3.05, 3.63) is 53.1 Å². The molecular formula is C15H14ClNO4S. The van der Waals surface area contributed by atoms with Gasteiger partial charge in [0.15, 0.2) is 5.78 Å². The molecule has 0 amide bonds. The van der Waals surface area contributed by atoms with Gasteiger partial charge in [-0.1, -0.05) is 23.7 Å². The minimum Gasteiger partial charge on any atom is -0.495 e. The van der Waals surface area contributed by atoms with Gasteiger partial charge < -0.3 is 4.74 Å². The number of ether oxygens (including phenoxy) is 1. The maximum absolute atomic E-state index is 12.3. The third-order valence-corrected chi connectivity index (χ3v) is 4.63. The van der Waals surface area contributed by atoms with Gasteiger partial charge in [0.25, 0.3) is 10.0 Å². The summed E-state index contributed by atoms with van der Waals surface area (Å²) in [5.41, 5.74) is 0.729. The largest absolute Gasteiger partial charge is 0.495 e. The van der Waals surface area contributed by atoms with Crippen LogP contribution in [0.5, 0.6) is 5.75 Å². The Morgan fingerprint density at radius 1 is 1.18 bits per heavy atom. The molecule has 1 N–H and O–H groups in total. The molecular weight excluding hydrogens is 326 g/mol. The summed E-state index contributed by atoms with van der Waals surface area (Å²) < 4.78 is 32.1. The number of sulfonamides is 1. The number of carbonyl (C=O) groups excluding carboxylic acids is 1. The highest BCUT2D eigenvalue weighted by molar-refractivity contribution is 7.92. The molecule has 0 aliphatic heterocycles. The quantitative estimate of drug-likeness (QED) is 0.848. The Balaban J connectivity index is 2.33. The summed E-state index contributed by atoms with van der Waals surface area (Å²) in [7, 11) is -2.36. The van der Waals surface area contributed by atoms with Crippen LogP contribution in [0.2, 0.25) is 5.02 Å². The second-order valence-electron chi connectivity index (χ2n) is 4.54. The average Bonchev–Trinajstić information content (AvgIpc) is 2.47. The summed E-state index contributed by atoms with van der Waals surface area (Å²) in [6.45, 7) is 1.41. The number of rotatable bonds is 5. The van der Waals surface area contributed by atoms with E-state index in [1.165, 1.54) is 38.3 Å². The number of Topliss-reactive ketones (excluding diaryl/α,β-unsaturated/α-hetero) is 1. The number of anilines is 1. The van der Waals surface area contributed by atoms with E-state index in [2.05, 4.69) is 4.72 Å². The van der Waals surface area contributed by atoms with Crippen LogP contribution in [0.3, 0.4) is 0 Å². The van der Waals surface area contributed by atoms with E-state index in [4.69, 9.17) is 16.3 Å². The summed E-state index contributed by atoms with van der Waals surface area (Å²) in [6, 6.07) is 10.4. The Bertz CT molecular complexity index is 818. The first-order valence-electron chi connectivity index (χ1n) is 6.31. The molecule has 2 aromatic carbocycles. The average molecular weight is 340 g/mol. The predicted octanol–water partition coefficient (Wildman–Crippen LogP) is 3.35. The molecule has 0 saturated carbocycles. The molecule has 0 atom stereocenters. The summed E-state index contributed by atoms with van der Waals surface area (Å²) in [4.78, 5) is 11.3. The normalized spacial score (nSPS) is 11.0. The lowest BCUT2D eigenvalue weighted by molar-refractivity contribution is 0.101. The van der Waals surface area contributed by atoms with Crippen molar-refractivity contribution in [3.63, 3.8) is 0 Å². The van der Waals surface area contributed by atoms with Crippen LogP contribution in [0, 0.1) is 0 Å². The van der Waals surface area contributed by atoms with Crippen LogP contribution in [0.15, 0.2) is 47.4 Å². The maximum Gasteiger partial charge on any atom is 0.261 e. The Morgan fingerprint density at radius 2 is 1.91 bits per heavy atom. The van der Waals surface area contributed by atoms with Gasteiger partial charge in [-0.25, -0.2) is 8.42 Å². The highest BCUT2D eigenvalue weighted by atomic mass is 35.5. The van der Waals surface area contributed by atoms with Crippen LogP contribution in [-0.2, 0) is 10.0 Å². The Hall–Kier alpha value is -2.05. The molecule has 0 radical (unpaired) electrons. The minimum absolute atomic E-state index is 0.00604. The van der Waals surface area contributed by atoms with E-state index < -0.39 is 10.0 Å². The summed E-state index contributed by atoms with van der Waals surface area (Å²) in [5.74, 6) is 0.243. The summed E-state index contributed by atoms with van der Waals surface area (Å²) in [6.07, 6.45) is 0. The molecule has 0 aliphatic rings. The van der Waals surface area contributed by atoms with Gasteiger partial charge in [0.2, 0.25) is 0 Å². The second kappa shape index (κ2) is 6.37. The Kier molecular flexibility index (Phi) is 4.73. The van der Waals surface area contributed by atoms with Crippen LogP contribution < -0.4 is 9.46 Å². The van der Waals surface area contributed by atoms with Crippen LogP contribution in [0.25, 0.3) is 0 Å². The van der Waals surface area contributed by atoms with Gasteiger partial charge >= 0.3 is 0 Å². The van der Waals surface area contributed by atoms with Gasteiger partial charge in [0.1, 0.15) is 5.75 Å². The van der Waals surface area contributed by atoms with Crippen LogP contribution in [0.1, 0.15) is 17.3 Å². The van der Waals surface area contributed by atoms with Crippen molar-refractivity contribution in [1.82, 2.24) is 0 Å². The van der Waals surface area contributed by atoms with E-state index in [9.17, 15) is 13.2 Å². The molecule has 0 bridgehead atoms. The third kappa shape index (κ3) is 3.58. The van der Waals surface area contributed by atoms with E-state index in [0.29, 0.717) is 17.0 Å². The number of ketones is 1. The zero-order valence-corrected chi connectivity index (χ0v) is 13.5. The van der Waals surface area contributed by atoms with Crippen LogP contribution in [-0.4, -0.2) is 21.3 Å². The van der Waals surface area contributed by atoms with Gasteiger partial charge in [-0.3, -0.25) is 9.52 Å². The fourth-order valence-corrected chi connectivity index (χ4v) is 3.23. The van der Waals surface area contributed by atoms with Gasteiger partial charge in [0.05, 0.1) is 17.0 Å². The van der Waals surface area contributed by atoms with E-state index in [1.807, 2.05) is 0 Å². The minimum atomic E-state index is -3.80. The maximum atomic E-state index is 12.3. The molecule has 2 aromatic rings. The first-order chi connectivity index (χ1) is 10.3. The molecule has 0 aliphatic carbocycles. The summed E-state index contributed by atoms with van der Waals surface area (Å²) >= 11 is 5.94. The molecule has 5 nitrogen and oxygen atoms in total. The lowest BCUT2D eigenvalue weighted by Gasteiger charge is -2.10. The van der Waals surface area contributed by atoms with Crippen molar-refractivity contribution in [1.29, 1.82) is 0 Å². The van der Waals surface area contributed by atoms with E-state index in [0.717, 1.165) is 0 Å². The molecule has 0 spiro atoms. The smallest absolute Gasteiger partial charge is 0.261 e. The van der Waals surface area contributed by atoms with E-state index in [1.54, 1.807) is 18.2 Å². The van der Waals surface area contributed by atoms with Gasteiger partial charge in [-0.05, 0) is 37.3 Å².